The third kappa shape index (κ3) is 3.22. The molecule has 0 atom stereocenters. The van der Waals surface area contributed by atoms with Crippen molar-refractivity contribution in [2.45, 2.75) is 0 Å². The molecule has 16 heavy (non-hydrogen) atoms. The van der Waals surface area contributed by atoms with Crippen molar-refractivity contribution in [3.63, 3.8) is 0 Å². The van der Waals surface area contributed by atoms with Crippen LogP contribution in [0.15, 0.2) is 60.7 Å². The SMILES string of the molecule is S=P([S-])(c1ccccc1)c1ccccc1.[Na+]. The van der Waals surface area contributed by atoms with Crippen LogP contribution >= 0.6 is 5.24 Å². The zero-order chi connectivity index (χ0) is 10.7. The minimum absolute atomic E-state index is 0. The molecule has 0 saturated carbocycles. The van der Waals surface area contributed by atoms with Crippen LogP contribution < -0.4 is 40.2 Å². The number of benzene rings is 2. The fourth-order valence-corrected chi connectivity index (χ4v) is 4.29. The molecular weight excluding hydrogens is 262 g/mol. The van der Waals surface area contributed by atoms with Crippen molar-refractivity contribution >= 4 is 39.9 Å². The number of hydrogen-bond donors (Lipinski definition) is 0. The molecule has 0 aromatic heterocycles. The molecular formula is C12H10NaPS2. The monoisotopic (exact) mass is 272 g/mol. The Morgan fingerprint density at radius 2 is 1.06 bits per heavy atom. The van der Waals surface area contributed by atoms with Gasteiger partial charge in [-0.25, -0.2) is 0 Å². The van der Waals surface area contributed by atoms with Gasteiger partial charge in [-0.3, -0.25) is 0 Å². The maximum absolute atomic E-state index is 5.60. The molecule has 0 spiro atoms. The van der Waals surface area contributed by atoms with E-state index in [9.17, 15) is 0 Å². The van der Waals surface area contributed by atoms with Crippen molar-refractivity contribution in [2.75, 3.05) is 0 Å². The molecule has 0 nitrogen and oxygen atoms in total. The van der Waals surface area contributed by atoms with Crippen LogP contribution in [0.1, 0.15) is 0 Å². The molecule has 76 valence electrons. The Morgan fingerprint density at radius 1 is 0.750 bits per heavy atom. The van der Waals surface area contributed by atoms with Gasteiger partial charge in [-0.2, -0.15) is 0 Å². The predicted octanol–water partition coefficient (Wildman–Crippen LogP) is -0.417. The van der Waals surface area contributed by atoms with Gasteiger partial charge < -0.3 is 12.2 Å². The van der Waals surface area contributed by atoms with E-state index in [-0.39, 0.29) is 29.6 Å². The predicted molar refractivity (Wildman–Crippen MR) is 73.8 cm³/mol. The quantitative estimate of drug-likeness (QED) is 0.414. The second-order valence-electron chi connectivity index (χ2n) is 3.22. The first-order valence-corrected chi connectivity index (χ1v) is 8.45. The van der Waals surface area contributed by atoms with E-state index < -0.39 is 5.24 Å². The molecule has 0 radical (unpaired) electrons. The van der Waals surface area contributed by atoms with Crippen LogP contribution in [0, 0.1) is 0 Å². The Morgan fingerprint density at radius 3 is 1.38 bits per heavy atom. The first-order valence-electron chi connectivity index (χ1n) is 4.63. The molecule has 0 aliphatic rings. The Kier molecular flexibility index (Phi) is 5.79. The summed E-state index contributed by atoms with van der Waals surface area (Å²) in [5.41, 5.74) is 0. The largest absolute Gasteiger partial charge is 1.00 e. The van der Waals surface area contributed by atoms with Crippen LogP contribution in [0.4, 0.5) is 0 Å². The summed E-state index contributed by atoms with van der Waals surface area (Å²) in [5, 5.41) is 0.216. The molecule has 0 bridgehead atoms. The van der Waals surface area contributed by atoms with E-state index in [1.54, 1.807) is 0 Å². The Balaban J connectivity index is 0.00000128. The van der Waals surface area contributed by atoms with Crippen LogP contribution in [0.5, 0.6) is 0 Å². The van der Waals surface area contributed by atoms with Crippen LogP contribution in [-0.4, -0.2) is 0 Å². The third-order valence-corrected chi connectivity index (χ3v) is 6.68. The van der Waals surface area contributed by atoms with Crippen LogP contribution in [0.2, 0.25) is 0 Å². The van der Waals surface area contributed by atoms with Crippen molar-refractivity contribution < 1.29 is 29.6 Å². The summed E-state index contributed by atoms with van der Waals surface area (Å²) >= 11 is 11.2. The van der Waals surface area contributed by atoms with Gasteiger partial charge in [-0.1, -0.05) is 60.7 Å². The normalized spacial score (nSPS) is 10.6. The minimum atomic E-state index is -1.98. The van der Waals surface area contributed by atoms with E-state index in [1.165, 1.54) is 0 Å². The van der Waals surface area contributed by atoms with Gasteiger partial charge in [0.15, 0.2) is 0 Å². The van der Waals surface area contributed by atoms with Crippen LogP contribution in [-0.2, 0) is 24.1 Å². The maximum Gasteiger partial charge on any atom is 1.00 e. The summed E-state index contributed by atoms with van der Waals surface area (Å²) in [5.74, 6) is 0. The zero-order valence-corrected chi connectivity index (χ0v) is 13.6. The van der Waals surface area contributed by atoms with Crippen molar-refractivity contribution in [3.05, 3.63) is 60.7 Å². The minimum Gasteiger partial charge on any atom is -0.738 e. The molecule has 0 fully saturated rings. The van der Waals surface area contributed by atoms with E-state index in [0.717, 1.165) is 10.6 Å². The average Bonchev–Trinajstić information content (AvgIpc) is 2.31. The molecule has 0 saturated heterocycles. The van der Waals surface area contributed by atoms with Gasteiger partial charge >= 0.3 is 29.6 Å². The zero-order valence-electron chi connectivity index (χ0n) is 9.04. The molecule has 2 rings (SSSR count). The summed E-state index contributed by atoms with van der Waals surface area (Å²) in [7, 11) is 0. The van der Waals surface area contributed by atoms with E-state index in [1.807, 2.05) is 60.7 Å². The van der Waals surface area contributed by atoms with E-state index in [2.05, 4.69) is 0 Å². The summed E-state index contributed by atoms with van der Waals surface area (Å²) in [6.07, 6.45) is 0. The Labute approximate surface area is 129 Å². The molecule has 0 N–H and O–H groups in total. The molecule has 0 aliphatic carbocycles. The first-order chi connectivity index (χ1) is 7.21. The number of hydrogen-bond acceptors (Lipinski definition) is 2. The van der Waals surface area contributed by atoms with Crippen molar-refractivity contribution in [2.24, 2.45) is 0 Å². The van der Waals surface area contributed by atoms with Crippen LogP contribution in [0.3, 0.4) is 0 Å². The van der Waals surface area contributed by atoms with Gasteiger partial charge in [0.1, 0.15) is 0 Å². The summed E-state index contributed by atoms with van der Waals surface area (Å²) in [6, 6.07) is 20.1. The summed E-state index contributed by atoms with van der Waals surface area (Å²) < 4.78 is 0. The maximum atomic E-state index is 5.60. The van der Waals surface area contributed by atoms with E-state index in [4.69, 9.17) is 24.1 Å². The van der Waals surface area contributed by atoms with Gasteiger partial charge in [0.25, 0.3) is 0 Å². The second-order valence-corrected chi connectivity index (χ2v) is 9.34. The summed E-state index contributed by atoms with van der Waals surface area (Å²) in [6.45, 7) is 0. The van der Waals surface area contributed by atoms with E-state index in [0.29, 0.717) is 0 Å². The molecule has 4 heteroatoms. The molecule has 0 heterocycles. The molecule has 2 aromatic carbocycles. The van der Waals surface area contributed by atoms with Crippen LogP contribution in [0.25, 0.3) is 0 Å². The molecule has 0 unspecified atom stereocenters. The fraction of sp³-hybridized carbons (Fsp3) is 0. The Bertz CT molecular complexity index is 441. The van der Waals surface area contributed by atoms with Gasteiger partial charge in [-0.15, -0.1) is 17.0 Å². The third-order valence-electron chi connectivity index (χ3n) is 2.19. The fourth-order valence-electron chi connectivity index (χ4n) is 1.40. The molecule has 0 aliphatic heterocycles. The summed E-state index contributed by atoms with van der Waals surface area (Å²) in [4.78, 5) is 0. The second kappa shape index (κ2) is 6.39. The number of rotatable bonds is 2. The standard InChI is InChI=1S/C12H11PS2.Na/c14-13(15,11-7-3-1-4-8-11)12-9-5-2-6-10-12;/h1-10H,(H,14,15);/q;+1/p-1. The average molecular weight is 272 g/mol. The van der Waals surface area contributed by atoms with Gasteiger partial charge in [0.2, 0.25) is 0 Å². The van der Waals surface area contributed by atoms with Gasteiger partial charge in [-0.05, 0) is 10.6 Å². The molecule has 2 aromatic rings. The first kappa shape index (κ1) is 14.5. The van der Waals surface area contributed by atoms with Crippen molar-refractivity contribution in [3.8, 4) is 0 Å². The topological polar surface area (TPSA) is 0 Å². The van der Waals surface area contributed by atoms with E-state index >= 15 is 0 Å². The van der Waals surface area contributed by atoms with Gasteiger partial charge in [0, 0.05) is 0 Å². The van der Waals surface area contributed by atoms with Crippen molar-refractivity contribution in [1.29, 1.82) is 0 Å². The van der Waals surface area contributed by atoms with Crippen molar-refractivity contribution in [1.82, 2.24) is 0 Å². The Hall–Kier alpha value is 0.440. The smallest absolute Gasteiger partial charge is 0.738 e. The van der Waals surface area contributed by atoms with Gasteiger partial charge in [0.05, 0.1) is 0 Å². The molecule has 0 amide bonds.